The molecule has 0 saturated heterocycles. The number of pyridine rings is 1. The average Bonchev–Trinajstić information content (AvgIpc) is 2.17. The van der Waals surface area contributed by atoms with Crippen molar-refractivity contribution in [2.45, 2.75) is 6.92 Å². The van der Waals surface area contributed by atoms with Crippen molar-refractivity contribution in [2.24, 2.45) is 0 Å². The second-order valence-electron chi connectivity index (χ2n) is 3.11. The van der Waals surface area contributed by atoms with E-state index in [1.807, 2.05) is 13.0 Å². The zero-order valence-electron chi connectivity index (χ0n) is 8.11. The van der Waals surface area contributed by atoms with Gasteiger partial charge in [0.25, 0.3) is 0 Å². The third kappa shape index (κ3) is 2.22. The largest absolute Gasteiger partial charge is 0.368 e. The second-order valence-corrected chi connectivity index (χ2v) is 3.55. The average molecular weight is 221 g/mol. The fraction of sp³-hybridized carbons (Fsp3) is 0.100. The number of aryl methyl sites for hydroxylation is 1. The Balaban J connectivity index is 2.49. The SMILES string of the molecule is Cc1cc(-c2ccc(Cl)cn2)nc(N)n1. The molecule has 2 aromatic rings. The standard InChI is InChI=1S/C10H9ClN4/c1-6-4-9(15-10(12)14-6)8-3-2-7(11)5-13-8/h2-5H,1H3,(H2,12,14,15). The highest BCUT2D eigenvalue weighted by atomic mass is 35.5. The van der Waals surface area contributed by atoms with Gasteiger partial charge >= 0.3 is 0 Å². The van der Waals surface area contributed by atoms with Gasteiger partial charge in [-0.2, -0.15) is 0 Å². The number of aromatic nitrogens is 3. The molecule has 0 aliphatic carbocycles. The zero-order chi connectivity index (χ0) is 10.8. The lowest BCUT2D eigenvalue weighted by Crippen LogP contribution is -1.98. The highest BCUT2D eigenvalue weighted by Gasteiger charge is 2.03. The summed E-state index contributed by atoms with van der Waals surface area (Å²) in [5, 5.41) is 0.595. The Bertz CT molecular complexity index is 461. The molecule has 0 radical (unpaired) electrons. The van der Waals surface area contributed by atoms with Gasteiger partial charge in [-0.15, -0.1) is 0 Å². The van der Waals surface area contributed by atoms with Crippen LogP contribution in [0.3, 0.4) is 0 Å². The Kier molecular flexibility index (Phi) is 2.51. The number of halogens is 1. The van der Waals surface area contributed by atoms with Crippen molar-refractivity contribution in [3.63, 3.8) is 0 Å². The Hall–Kier alpha value is -1.68. The van der Waals surface area contributed by atoms with E-state index in [1.54, 1.807) is 18.3 Å². The normalized spacial score (nSPS) is 10.3. The molecule has 2 heterocycles. The van der Waals surface area contributed by atoms with Gasteiger partial charge in [0, 0.05) is 11.9 Å². The Morgan fingerprint density at radius 1 is 1.20 bits per heavy atom. The van der Waals surface area contributed by atoms with E-state index in [-0.39, 0.29) is 5.95 Å². The van der Waals surface area contributed by atoms with Crippen molar-refractivity contribution >= 4 is 17.5 Å². The maximum Gasteiger partial charge on any atom is 0.220 e. The van der Waals surface area contributed by atoms with Gasteiger partial charge in [0.2, 0.25) is 5.95 Å². The van der Waals surface area contributed by atoms with Crippen LogP contribution in [0.4, 0.5) is 5.95 Å². The van der Waals surface area contributed by atoms with Gasteiger partial charge in [-0.1, -0.05) is 11.6 Å². The molecule has 4 nitrogen and oxygen atoms in total. The van der Waals surface area contributed by atoms with Gasteiger partial charge in [0.15, 0.2) is 0 Å². The minimum absolute atomic E-state index is 0.252. The predicted molar refractivity (Wildman–Crippen MR) is 59.4 cm³/mol. The highest BCUT2D eigenvalue weighted by molar-refractivity contribution is 6.30. The summed E-state index contributed by atoms with van der Waals surface area (Å²) in [5.41, 5.74) is 7.80. The van der Waals surface area contributed by atoms with E-state index in [4.69, 9.17) is 17.3 Å². The molecule has 5 heteroatoms. The first kappa shape index (κ1) is 9.86. The topological polar surface area (TPSA) is 64.7 Å². The summed E-state index contributed by atoms with van der Waals surface area (Å²) in [6.07, 6.45) is 1.57. The molecular weight excluding hydrogens is 212 g/mol. The Labute approximate surface area is 92.2 Å². The van der Waals surface area contributed by atoms with Crippen LogP contribution in [-0.4, -0.2) is 15.0 Å². The molecule has 76 valence electrons. The second kappa shape index (κ2) is 3.82. The Morgan fingerprint density at radius 3 is 2.60 bits per heavy atom. The number of rotatable bonds is 1. The van der Waals surface area contributed by atoms with E-state index in [0.717, 1.165) is 11.4 Å². The van der Waals surface area contributed by atoms with E-state index in [2.05, 4.69) is 15.0 Å². The summed E-state index contributed by atoms with van der Waals surface area (Å²) in [7, 11) is 0. The van der Waals surface area contributed by atoms with Crippen LogP contribution in [0.25, 0.3) is 11.4 Å². The minimum atomic E-state index is 0.252. The molecule has 0 spiro atoms. The summed E-state index contributed by atoms with van der Waals surface area (Å²) in [6, 6.07) is 5.38. The van der Waals surface area contributed by atoms with Crippen LogP contribution in [0, 0.1) is 6.92 Å². The van der Waals surface area contributed by atoms with Crippen molar-refractivity contribution in [1.82, 2.24) is 15.0 Å². The molecule has 0 amide bonds. The summed E-state index contributed by atoms with van der Waals surface area (Å²) >= 11 is 5.74. The van der Waals surface area contributed by atoms with Crippen molar-refractivity contribution in [3.05, 3.63) is 35.1 Å². The van der Waals surface area contributed by atoms with E-state index in [0.29, 0.717) is 10.7 Å². The van der Waals surface area contributed by atoms with Crippen LogP contribution >= 0.6 is 11.6 Å². The summed E-state index contributed by atoms with van der Waals surface area (Å²) in [4.78, 5) is 12.2. The smallest absolute Gasteiger partial charge is 0.220 e. The van der Waals surface area contributed by atoms with Crippen molar-refractivity contribution in [2.75, 3.05) is 5.73 Å². The number of hydrogen-bond donors (Lipinski definition) is 1. The van der Waals surface area contributed by atoms with Crippen LogP contribution < -0.4 is 5.73 Å². The lowest BCUT2D eigenvalue weighted by molar-refractivity contribution is 1.11. The molecule has 0 fully saturated rings. The number of nitrogens with two attached hydrogens (primary N) is 1. The van der Waals surface area contributed by atoms with E-state index in [1.165, 1.54) is 0 Å². The molecular formula is C10H9ClN4. The first-order valence-electron chi connectivity index (χ1n) is 4.38. The summed E-state index contributed by atoms with van der Waals surface area (Å²) in [6.45, 7) is 1.86. The van der Waals surface area contributed by atoms with Gasteiger partial charge in [-0.25, -0.2) is 9.97 Å². The van der Waals surface area contributed by atoms with Crippen LogP contribution in [0.5, 0.6) is 0 Å². The van der Waals surface area contributed by atoms with Crippen molar-refractivity contribution < 1.29 is 0 Å². The lowest BCUT2D eigenvalue weighted by atomic mass is 10.2. The highest BCUT2D eigenvalue weighted by Crippen LogP contribution is 2.17. The quantitative estimate of drug-likeness (QED) is 0.799. The number of hydrogen-bond acceptors (Lipinski definition) is 4. The molecule has 2 aromatic heterocycles. The van der Waals surface area contributed by atoms with Gasteiger partial charge in [-0.3, -0.25) is 4.98 Å². The van der Waals surface area contributed by atoms with Crippen LogP contribution in [0.15, 0.2) is 24.4 Å². The summed E-state index contributed by atoms with van der Waals surface area (Å²) < 4.78 is 0. The monoisotopic (exact) mass is 220 g/mol. The van der Waals surface area contributed by atoms with E-state index >= 15 is 0 Å². The predicted octanol–water partition coefficient (Wildman–Crippen LogP) is 2.08. The van der Waals surface area contributed by atoms with Crippen LogP contribution in [-0.2, 0) is 0 Å². The van der Waals surface area contributed by atoms with Gasteiger partial charge in [-0.05, 0) is 25.1 Å². The van der Waals surface area contributed by atoms with Crippen molar-refractivity contribution in [3.8, 4) is 11.4 Å². The van der Waals surface area contributed by atoms with Crippen molar-refractivity contribution in [1.29, 1.82) is 0 Å². The number of nitrogens with zero attached hydrogens (tertiary/aromatic N) is 3. The molecule has 2 rings (SSSR count). The first-order chi connectivity index (χ1) is 7.15. The molecule has 0 atom stereocenters. The van der Waals surface area contributed by atoms with Gasteiger partial charge in [0.05, 0.1) is 16.4 Å². The number of anilines is 1. The third-order valence-electron chi connectivity index (χ3n) is 1.86. The molecule has 0 unspecified atom stereocenters. The van der Waals surface area contributed by atoms with Gasteiger partial charge < -0.3 is 5.73 Å². The fourth-order valence-corrected chi connectivity index (χ4v) is 1.36. The third-order valence-corrected chi connectivity index (χ3v) is 2.08. The number of nitrogen functional groups attached to an aromatic ring is 1. The van der Waals surface area contributed by atoms with Crippen LogP contribution in [0.2, 0.25) is 5.02 Å². The molecule has 2 N–H and O–H groups in total. The molecule has 0 aliphatic heterocycles. The molecule has 0 aliphatic rings. The molecule has 0 saturated carbocycles. The molecule has 15 heavy (non-hydrogen) atoms. The zero-order valence-corrected chi connectivity index (χ0v) is 8.86. The maximum absolute atomic E-state index is 5.74. The molecule has 0 aromatic carbocycles. The summed E-state index contributed by atoms with van der Waals surface area (Å²) in [5.74, 6) is 0.252. The van der Waals surface area contributed by atoms with Crippen LogP contribution in [0.1, 0.15) is 5.69 Å². The Morgan fingerprint density at radius 2 is 2.00 bits per heavy atom. The lowest BCUT2D eigenvalue weighted by Gasteiger charge is -2.02. The first-order valence-corrected chi connectivity index (χ1v) is 4.76. The van der Waals surface area contributed by atoms with Gasteiger partial charge in [0.1, 0.15) is 0 Å². The minimum Gasteiger partial charge on any atom is -0.368 e. The van der Waals surface area contributed by atoms with E-state index in [9.17, 15) is 0 Å². The molecule has 0 bridgehead atoms. The maximum atomic E-state index is 5.74. The fourth-order valence-electron chi connectivity index (χ4n) is 1.25. The van der Waals surface area contributed by atoms with E-state index < -0.39 is 0 Å².